The molecule has 1 aromatic rings. The Morgan fingerprint density at radius 2 is 1.94 bits per heavy atom. The van der Waals surface area contributed by atoms with Crippen LogP contribution < -0.4 is 5.32 Å². The smallest absolute Gasteiger partial charge is 0.394 e. The molecular weight excluding hydrogens is 234 g/mol. The summed E-state index contributed by atoms with van der Waals surface area (Å²) in [5.41, 5.74) is 0.298. The van der Waals surface area contributed by atoms with Crippen molar-refractivity contribution in [2.75, 3.05) is 5.32 Å². The van der Waals surface area contributed by atoms with Gasteiger partial charge < -0.3 is 10.4 Å². The average molecular weight is 242 g/mol. The molecule has 1 rings (SSSR count). The highest BCUT2D eigenvalue weighted by Crippen LogP contribution is 2.21. The van der Waals surface area contributed by atoms with E-state index in [1.54, 1.807) is 0 Å². The first-order valence-electron chi connectivity index (χ1n) is 4.26. The molecule has 16 heavy (non-hydrogen) atoms. The van der Waals surface area contributed by atoms with Crippen LogP contribution in [0, 0.1) is 0 Å². The van der Waals surface area contributed by atoms with Crippen LogP contribution >= 0.6 is 11.6 Å². The van der Waals surface area contributed by atoms with Gasteiger partial charge in [0.15, 0.2) is 5.78 Å². The molecular formula is C10H8ClNO4. The van der Waals surface area contributed by atoms with Crippen LogP contribution in [0.25, 0.3) is 0 Å². The molecule has 0 spiro atoms. The number of carboxylic acids is 1. The fourth-order valence-corrected chi connectivity index (χ4v) is 1.27. The molecule has 0 radical (unpaired) electrons. The second-order valence-corrected chi connectivity index (χ2v) is 3.44. The number of benzene rings is 1. The minimum atomic E-state index is -1.63. The predicted octanol–water partition coefficient (Wildman–Crippen LogP) is 1.57. The van der Waals surface area contributed by atoms with Crippen LogP contribution in [0.1, 0.15) is 17.3 Å². The number of aliphatic carboxylic acids is 1. The first kappa shape index (κ1) is 12.2. The molecule has 0 atom stereocenters. The van der Waals surface area contributed by atoms with Crippen LogP contribution in [-0.4, -0.2) is 22.8 Å². The summed E-state index contributed by atoms with van der Waals surface area (Å²) in [4.78, 5) is 32.5. The van der Waals surface area contributed by atoms with E-state index in [4.69, 9.17) is 16.7 Å². The van der Waals surface area contributed by atoms with Crippen LogP contribution in [0.3, 0.4) is 0 Å². The van der Waals surface area contributed by atoms with Gasteiger partial charge in [0.2, 0.25) is 0 Å². The standard InChI is InChI=1S/C10H8ClNO4/c1-5(13)7-3-2-6(11)4-8(7)12-9(14)10(15)16/h2-4H,1H3,(H,12,14)(H,15,16). The second-order valence-electron chi connectivity index (χ2n) is 3.01. The van der Waals surface area contributed by atoms with Gasteiger partial charge in [-0.3, -0.25) is 9.59 Å². The number of halogens is 1. The topological polar surface area (TPSA) is 83.5 Å². The van der Waals surface area contributed by atoms with E-state index in [0.717, 1.165) is 0 Å². The lowest BCUT2D eigenvalue weighted by atomic mass is 10.1. The maximum atomic E-state index is 11.2. The van der Waals surface area contributed by atoms with E-state index < -0.39 is 11.9 Å². The van der Waals surface area contributed by atoms with E-state index >= 15 is 0 Å². The Hall–Kier alpha value is -1.88. The second kappa shape index (κ2) is 4.76. The molecule has 0 aliphatic heterocycles. The molecule has 5 nitrogen and oxygen atoms in total. The summed E-state index contributed by atoms with van der Waals surface area (Å²) in [7, 11) is 0. The average Bonchev–Trinajstić information content (AvgIpc) is 2.16. The first-order valence-corrected chi connectivity index (χ1v) is 4.64. The summed E-state index contributed by atoms with van der Waals surface area (Å²) in [5, 5.41) is 10.8. The van der Waals surface area contributed by atoms with Gasteiger partial charge in [-0.2, -0.15) is 0 Å². The maximum absolute atomic E-state index is 11.2. The highest BCUT2D eigenvalue weighted by Gasteiger charge is 2.15. The predicted molar refractivity (Wildman–Crippen MR) is 57.7 cm³/mol. The van der Waals surface area contributed by atoms with E-state index in [-0.39, 0.29) is 17.0 Å². The van der Waals surface area contributed by atoms with Gasteiger partial charge in [0.1, 0.15) is 0 Å². The summed E-state index contributed by atoms with van der Waals surface area (Å²) in [6.45, 7) is 1.31. The molecule has 1 aromatic carbocycles. The van der Waals surface area contributed by atoms with Crippen molar-refractivity contribution in [3.63, 3.8) is 0 Å². The minimum Gasteiger partial charge on any atom is -0.474 e. The van der Waals surface area contributed by atoms with Crippen molar-refractivity contribution >= 4 is 34.9 Å². The van der Waals surface area contributed by atoms with Gasteiger partial charge in [-0.05, 0) is 25.1 Å². The lowest BCUT2D eigenvalue weighted by Crippen LogP contribution is -2.22. The maximum Gasteiger partial charge on any atom is 0.394 e. The Bertz CT molecular complexity index is 470. The van der Waals surface area contributed by atoms with Gasteiger partial charge in [-0.15, -0.1) is 0 Å². The monoisotopic (exact) mass is 241 g/mol. The molecule has 0 fully saturated rings. The third kappa shape index (κ3) is 2.80. The van der Waals surface area contributed by atoms with Gasteiger partial charge in [-0.1, -0.05) is 11.6 Å². The molecule has 0 aliphatic rings. The van der Waals surface area contributed by atoms with E-state index in [1.165, 1.54) is 25.1 Å². The SMILES string of the molecule is CC(=O)c1ccc(Cl)cc1NC(=O)C(=O)O. The van der Waals surface area contributed by atoms with Crippen molar-refractivity contribution in [3.8, 4) is 0 Å². The van der Waals surface area contributed by atoms with E-state index in [1.807, 2.05) is 0 Å². The number of ketones is 1. The molecule has 0 saturated heterocycles. The lowest BCUT2D eigenvalue weighted by Gasteiger charge is -2.07. The Morgan fingerprint density at radius 3 is 2.44 bits per heavy atom. The molecule has 1 amide bonds. The Kier molecular flexibility index (Phi) is 3.63. The van der Waals surface area contributed by atoms with Crippen LogP contribution in [0.15, 0.2) is 18.2 Å². The van der Waals surface area contributed by atoms with Crippen molar-refractivity contribution in [2.24, 2.45) is 0 Å². The van der Waals surface area contributed by atoms with Crippen LogP contribution in [0.4, 0.5) is 5.69 Å². The molecule has 0 heterocycles. The Morgan fingerprint density at radius 1 is 1.31 bits per heavy atom. The van der Waals surface area contributed by atoms with Crippen molar-refractivity contribution in [1.82, 2.24) is 0 Å². The fraction of sp³-hybridized carbons (Fsp3) is 0.100. The Labute approximate surface area is 96.0 Å². The van der Waals surface area contributed by atoms with Crippen LogP contribution in [0.2, 0.25) is 5.02 Å². The molecule has 0 aliphatic carbocycles. The zero-order valence-electron chi connectivity index (χ0n) is 8.28. The number of amides is 1. The summed E-state index contributed by atoms with van der Waals surface area (Å²) >= 11 is 5.67. The zero-order chi connectivity index (χ0) is 12.3. The molecule has 84 valence electrons. The number of carbonyl (C=O) groups is 3. The highest BCUT2D eigenvalue weighted by molar-refractivity contribution is 6.37. The third-order valence-electron chi connectivity index (χ3n) is 1.80. The van der Waals surface area contributed by atoms with E-state index in [2.05, 4.69) is 5.32 Å². The summed E-state index contributed by atoms with van der Waals surface area (Å²) in [6, 6.07) is 4.22. The Balaban J connectivity index is 3.10. The van der Waals surface area contributed by atoms with Crippen molar-refractivity contribution in [2.45, 2.75) is 6.92 Å². The van der Waals surface area contributed by atoms with Crippen molar-refractivity contribution < 1.29 is 19.5 Å². The molecule has 0 saturated carbocycles. The van der Waals surface area contributed by atoms with Crippen LogP contribution in [-0.2, 0) is 9.59 Å². The molecule has 2 N–H and O–H groups in total. The number of hydrogen-bond acceptors (Lipinski definition) is 3. The molecule has 0 aromatic heterocycles. The van der Waals surface area contributed by atoms with E-state index in [9.17, 15) is 14.4 Å². The highest BCUT2D eigenvalue weighted by atomic mass is 35.5. The quantitative estimate of drug-likeness (QED) is 0.608. The van der Waals surface area contributed by atoms with Gasteiger partial charge in [0.05, 0.1) is 5.69 Å². The lowest BCUT2D eigenvalue weighted by molar-refractivity contribution is -0.147. The van der Waals surface area contributed by atoms with Gasteiger partial charge in [0.25, 0.3) is 0 Å². The van der Waals surface area contributed by atoms with Gasteiger partial charge >= 0.3 is 11.9 Å². The summed E-state index contributed by atoms with van der Waals surface area (Å²) in [6.07, 6.45) is 0. The summed E-state index contributed by atoms with van der Waals surface area (Å²) in [5.74, 6) is -3.14. The molecule has 6 heteroatoms. The van der Waals surface area contributed by atoms with Crippen molar-refractivity contribution in [3.05, 3.63) is 28.8 Å². The normalized spacial score (nSPS) is 9.62. The van der Waals surface area contributed by atoms with Gasteiger partial charge in [-0.25, -0.2) is 4.79 Å². The summed E-state index contributed by atoms with van der Waals surface area (Å²) < 4.78 is 0. The zero-order valence-corrected chi connectivity index (χ0v) is 9.04. The number of nitrogens with one attached hydrogen (secondary N) is 1. The number of carbonyl (C=O) groups excluding carboxylic acids is 2. The number of carboxylic acid groups (broad SMARTS) is 1. The fourth-order valence-electron chi connectivity index (χ4n) is 1.10. The first-order chi connectivity index (χ1) is 7.41. The molecule has 0 unspecified atom stereocenters. The molecule has 0 bridgehead atoms. The van der Waals surface area contributed by atoms with E-state index in [0.29, 0.717) is 5.02 Å². The van der Waals surface area contributed by atoms with Crippen molar-refractivity contribution in [1.29, 1.82) is 0 Å². The number of hydrogen-bond donors (Lipinski definition) is 2. The number of Topliss-reactive ketones (excluding diaryl/α,β-unsaturated/α-hetero) is 1. The van der Waals surface area contributed by atoms with Gasteiger partial charge in [0, 0.05) is 10.6 Å². The third-order valence-corrected chi connectivity index (χ3v) is 2.04. The number of rotatable bonds is 2. The largest absolute Gasteiger partial charge is 0.474 e. The minimum absolute atomic E-state index is 0.0902. The number of anilines is 1. The van der Waals surface area contributed by atoms with Crippen LogP contribution in [0.5, 0.6) is 0 Å².